The first-order valence-corrected chi connectivity index (χ1v) is 7.41. The van der Waals surface area contributed by atoms with Gasteiger partial charge in [-0.25, -0.2) is 0 Å². The van der Waals surface area contributed by atoms with Crippen LogP contribution in [0.5, 0.6) is 0 Å². The molecule has 90 valence electrons. The molecule has 0 radical (unpaired) electrons. The van der Waals surface area contributed by atoms with Crippen LogP contribution in [0, 0.1) is 0 Å². The highest BCUT2D eigenvalue weighted by Gasteiger charge is 2.38. The fraction of sp³-hybridized carbons (Fsp3) is 0.538. The molecule has 1 N–H and O–H groups in total. The van der Waals surface area contributed by atoms with E-state index in [1.165, 1.54) is 0 Å². The Morgan fingerprint density at radius 1 is 1.12 bits per heavy atom. The Hall–Kier alpha value is -0.590. The summed E-state index contributed by atoms with van der Waals surface area (Å²) >= 11 is 0. The lowest BCUT2D eigenvalue weighted by atomic mass is 10.3. The van der Waals surface area contributed by atoms with E-state index in [-0.39, 0.29) is 11.2 Å². The number of rotatable bonds is 3. The quantitative estimate of drug-likeness (QED) is 0.819. The second-order valence-corrected chi connectivity index (χ2v) is 8.73. The van der Waals surface area contributed by atoms with E-state index in [1.54, 1.807) is 0 Å². The molecule has 0 bridgehead atoms. The Morgan fingerprint density at radius 2 is 1.62 bits per heavy atom. The molecule has 0 aliphatic carbocycles. The predicted molar refractivity (Wildman–Crippen MR) is 71.7 cm³/mol. The van der Waals surface area contributed by atoms with E-state index in [0.29, 0.717) is 0 Å². The van der Waals surface area contributed by atoms with Gasteiger partial charge in [0.15, 0.2) is 7.29 Å². The molecule has 0 aliphatic rings. The maximum atomic E-state index is 13.1. The molecule has 0 aliphatic heterocycles. The van der Waals surface area contributed by atoms with Crippen LogP contribution in [0.1, 0.15) is 34.6 Å². The molecule has 2 nitrogen and oxygen atoms in total. The van der Waals surface area contributed by atoms with Crippen molar-refractivity contribution in [3.8, 4) is 0 Å². The fourth-order valence-electron chi connectivity index (χ4n) is 1.66. The average molecular weight is 239 g/mol. The number of hydrogen-bond acceptors (Lipinski definition) is 1. The van der Waals surface area contributed by atoms with E-state index in [0.717, 1.165) is 5.30 Å². The van der Waals surface area contributed by atoms with Crippen molar-refractivity contribution in [2.45, 2.75) is 45.8 Å². The van der Waals surface area contributed by atoms with Crippen LogP contribution in [0.15, 0.2) is 30.3 Å². The molecule has 0 fully saturated rings. The summed E-state index contributed by atoms with van der Waals surface area (Å²) < 4.78 is 13.1. The monoisotopic (exact) mass is 239 g/mol. The van der Waals surface area contributed by atoms with E-state index in [2.05, 4.69) is 5.09 Å². The first-order chi connectivity index (χ1) is 7.27. The number of hydrogen-bond donors (Lipinski definition) is 1. The van der Waals surface area contributed by atoms with Gasteiger partial charge in [0.05, 0.1) is 0 Å². The second-order valence-electron chi connectivity index (χ2n) is 5.40. The number of benzene rings is 1. The molecule has 0 saturated heterocycles. The molecular weight excluding hydrogens is 217 g/mol. The Kier molecular flexibility index (Phi) is 3.98. The minimum absolute atomic E-state index is 0.213. The molecule has 0 amide bonds. The van der Waals surface area contributed by atoms with Gasteiger partial charge < -0.3 is 4.57 Å². The lowest BCUT2D eigenvalue weighted by Gasteiger charge is -2.33. The highest BCUT2D eigenvalue weighted by atomic mass is 31.2. The van der Waals surface area contributed by atoms with Crippen LogP contribution in [-0.4, -0.2) is 11.2 Å². The van der Waals surface area contributed by atoms with Gasteiger partial charge in [-0.2, -0.15) is 0 Å². The molecule has 16 heavy (non-hydrogen) atoms. The van der Waals surface area contributed by atoms with Gasteiger partial charge in [-0.05, 0) is 13.8 Å². The summed E-state index contributed by atoms with van der Waals surface area (Å²) in [5.74, 6) is 0. The van der Waals surface area contributed by atoms with Gasteiger partial charge >= 0.3 is 0 Å². The van der Waals surface area contributed by atoms with Crippen LogP contribution in [0.25, 0.3) is 0 Å². The Balaban J connectivity index is 3.22. The van der Waals surface area contributed by atoms with Crippen molar-refractivity contribution in [2.75, 3.05) is 0 Å². The topological polar surface area (TPSA) is 29.1 Å². The standard InChI is InChI=1S/C13H22NOP/c1-11(2)14-16(15,13(3,4)5)12-9-7-6-8-10-12/h6-11H,1-5H3,(H,14,15)/t16-/m0/s1. The van der Waals surface area contributed by atoms with E-state index in [1.807, 2.05) is 65.0 Å². The molecule has 1 rings (SSSR count). The van der Waals surface area contributed by atoms with Crippen LogP contribution >= 0.6 is 7.29 Å². The van der Waals surface area contributed by atoms with Gasteiger partial charge in [0, 0.05) is 16.5 Å². The van der Waals surface area contributed by atoms with E-state index < -0.39 is 7.29 Å². The molecule has 1 atom stereocenters. The van der Waals surface area contributed by atoms with E-state index in [4.69, 9.17) is 0 Å². The van der Waals surface area contributed by atoms with E-state index in [9.17, 15) is 4.57 Å². The first-order valence-electron chi connectivity index (χ1n) is 5.71. The van der Waals surface area contributed by atoms with Crippen molar-refractivity contribution >= 4 is 12.6 Å². The van der Waals surface area contributed by atoms with Crippen LogP contribution < -0.4 is 10.4 Å². The van der Waals surface area contributed by atoms with Gasteiger partial charge in [0.2, 0.25) is 0 Å². The summed E-state index contributed by atoms with van der Waals surface area (Å²) in [4.78, 5) is 0. The van der Waals surface area contributed by atoms with Gasteiger partial charge in [-0.1, -0.05) is 51.1 Å². The number of nitrogens with one attached hydrogen (secondary N) is 1. The highest BCUT2D eigenvalue weighted by Crippen LogP contribution is 2.53. The minimum atomic E-state index is -2.56. The third-order valence-electron chi connectivity index (χ3n) is 2.50. The Labute approximate surface area is 98.9 Å². The van der Waals surface area contributed by atoms with Crippen molar-refractivity contribution in [2.24, 2.45) is 0 Å². The zero-order chi connectivity index (χ0) is 12.4. The molecular formula is C13H22NOP. The van der Waals surface area contributed by atoms with Crippen molar-refractivity contribution in [3.05, 3.63) is 30.3 Å². The molecule has 0 heterocycles. The Bertz CT molecular complexity index is 379. The zero-order valence-electron chi connectivity index (χ0n) is 10.8. The maximum absolute atomic E-state index is 13.1. The van der Waals surface area contributed by atoms with Crippen molar-refractivity contribution in [3.63, 3.8) is 0 Å². The molecule has 1 aromatic rings. The molecule has 1 aromatic carbocycles. The smallest absolute Gasteiger partial charge is 0.181 e. The summed E-state index contributed by atoms with van der Waals surface area (Å²) in [6.07, 6.45) is 0. The third kappa shape index (κ3) is 2.75. The normalized spacial score (nSPS) is 16.1. The summed E-state index contributed by atoms with van der Waals surface area (Å²) in [5, 5.41) is 3.92. The van der Waals surface area contributed by atoms with E-state index >= 15 is 0 Å². The Morgan fingerprint density at radius 3 is 2.00 bits per heavy atom. The lowest BCUT2D eigenvalue weighted by molar-refractivity contribution is 0.535. The first kappa shape index (κ1) is 13.5. The third-order valence-corrected chi connectivity index (χ3v) is 6.30. The summed E-state index contributed by atoms with van der Waals surface area (Å²) in [6, 6.07) is 9.94. The maximum Gasteiger partial charge on any atom is 0.181 e. The highest BCUT2D eigenvalue weighted by molar-refractivity contribution is 7.71. The van der Waals surface area contributed by atoms with Crippen molar-refractivity contribution < 1.29 is 4.57 Å². The van der Waals surface area contributed by atoms with Crippen LogP contribution in [0.2, 0.25) is 0 Å². The zero-order valence-corrected chi connectivity index (χ0v) is 11.7. The lowest BCUT2D eigenvalue weighted by Crippen LogP contribution is -2.35. The van der Waals surface area contributed by atoms with Crippen molar-refractivity contribution in [1.29, 1.82) is 0 Å². The average Bonchev–Trinajstić information content (AvgIpc) is 2.16. The van der Waals surface area contributed by atoms with Gasteiger partial charge in [-0.15, -0.1) is 0 Å². The minimum Gasteiger partial charge on any atom is -0.301 e. The van der Waals surface area contributed by atoms with Crippen molar-refractivity contribution in [1.82, 2.24) is 5.09 Å². The molecule has 0 saturated carbocycles. The summed E-state index contributed by atoms with van der Waals surface area (Å²) in [5.41, 5.74) is 0. The van der Waals surface area contributed by atoms with Crippen LogP contribution in [0.3, 0.4) is 0 Å². The van der Waals surface area contributed by atoms with Gasteiger partial charge in [0.25, 0.3) is 0 Å². The second kappa shape index (κ2) is 4.73. The SMILES string of the molecule is CC(C)N[P@](=O)(c1ccccc1)C(C)(C)C. The van der Waals surface area contributed by atoms with Crippen LogP contribution in [0.4, 0.5) is 0 Å². The largest absolute Gasteiger partial charge is 0.301 e. The molecule has 3 heteroatoms. The fourth-order valence-corrected chi connectivity index (χ4v) is 4.29. The molecule has 0 spiro atoms. The summed E-state index contributed by atoms with van der Waals surface area (Å²) in [7, 11) is -2.56. The van der Waals surface area contributed by atoms with Gasteiger partial charge in [0.1, 0.15) is 0 Å². The van der Waals surface area contributed by atoms with Crippen LogP contribution in [-0.2, 0) is 4.57 Å². The molecule has 0 unspecified atom stereocenters. The van der Waals surface area contributed by atoms with Gasteiger partial charge in [-0.3, -0.25) is 5.09 Å². The predicted octanol–water partition coefficient (Wildman–Crippen LogP) is 3.39. The summed E-state index contributed by atoms with van der Waals surface area (Å²) in [6.45, 7) is 10.1. The molecule has 0 aromatic heterocycles.